The fourth-order valence-corrected chi connectivity index (χ4v) is 2.20. The molecule has 2 rings (SSSR count). The second-order valence-corrected chi connectivity index (χ2v) is 5.84. The quantitative estimate of drug-likeness (QED) is 0.859. The van der Waals surface area contributed by atoms with Gasteiger partial charge in [0.05, 0.1) is 12.1 Å². The van der Waals surface area contributed by atoms with Gasteiger partial charge < -0.3 is 15.6 Å². The Bertz CT molecular complexity index is 617. The number of benzene rings is 1. The van der Waals surface area contributed by atoms with E-state index in [1.807, 2.05) is 12.1 Å². The van der Waals surface area contributed by atoms with Crippen molar-refractivity contribution >= 4 is 5.91 Å². The topological polar surface area (TPSA) is 81.2 Å². The van der Waals surface area contributed by atoms with Crippen LogP contribution in [0.2, 0.25) is 0 Å². The first-order valence-corrected chi connectivity index (χ1v) is 7.50. The molecule has 0 aliphatic carbocycles. The minimum atomic E-state index is -0.218. The molecule has 0 saturated heterocycles. The Morgan fingerprint density at radius 2 is 1.91 bits per heavy atom. The van der Waals surface area contributed by atoms with E-state index >= 15 is 0 Å². The zero-order chi connectivity index (χ0) is 16.1. The molecular formula is C17H23N3O2. The van der Waals surface area contributed by atoms with Crippen LogP contribution in [0.4, 0.5) is 0 Å². The number of aromatic nitrogens is 1. The van der Waals surface area contributed by atoms with E-state index in [0.717, 1.165) is 5.56 Å². The molecule has 2 aromatic rings. The fraction of sp³-hybridized carbons (Fsp3) is 0.412. The molecule has 118 valence electrons. The second kappa shape index (κ2) is 7.22. The van der Waals surface area contributed by atoms with Gasteiger partial charge in [-0.1, -0.05) is 43.3 Å². The predicted octanol–water partition coefficient (Wildman–Crippen LogP) is 2.47. The average molecular weight is 301 g/mol. The van der Waals surface area contributed by atoms with Crippen LogP contribution in [0, 0.1) is 6.92 Å². The van der Waals surface area contributed by atoms with E-state index in [2.05, 4.69) is 36.5 Å². The number of aryl methyl sites for hydroxylation is 1. The van der Waals surface area contributed by atoms with Gasteiger partial charge in [0, 0.05) is 18.7 Å². The summed E-state index contributed by atoms with van der Waals surface area (Å²) in [5.74, 6) is 1.09. The van der Waals surface area contributed by atoms with Crippen LogP contribution in [0.1, 0.15) is 48.4 Å². The SMILES string of the molecule is Cc1cc(CC(=O)NCC(N)c2ccc(C(C)C)cc2)no1. The summed E-state index contributed by atoms with van der Waals surface area (Å²) < 4.78 is 4.94. The minimum Gasteiger partial charge on any atom is -0.361 e. The lowest BCUT2D eigenvalue weighted by Gasteiger charge is -2.14. The van der Waals surface area contributed by atoms with Crippen molar-refractivity contribution in [2.75, 3.05) is 6.54 Å². The summed E-state index contributed by atoms with van der Waals surface area (Å²) in [5, 5.41) is 6.63. The van der Waals surface area contributed by atoms with Gasteiger partial charge in [-0.15, -0.1) is 0 Å². The smallest absolute Gasteiger partial charge is 0.226 e. The van der Waals surface area contributed by atoms with Gasteiger partial charge in [-0.2, -0.15) is 0 Å². The fourth-order valence-electron chi connectivity index (χ4n) is 2.20. The van der Waals surface area contributed by atoms with Crippen molar-refractivity contribution in [3.63, 3.8) is 0 Å². The first kappa shape index (κ1) is 16.2. The van der Waals surface area contributed by atoms with Crippen LogP contribution in [-0.4, -0.2) is 17.6 Å². The van der Waals surface area contributed by atoms with Crippen molar-refractivity contribution in [2.45, 2.75) is 39.2 Å². The van der Waals surface area contributed by atoms with E-state index in [0.29, 0.717) is 23.9 Å². The van der Waals surface area contributed by atoms with Gasteiger partial charge in [-0.25, -0.2) is 0 Å². The molecule has 0 spiro atoms. The number of rotatable bonds is 6. The van der Waals surface area contributed by atoms with Crippen LogP contribution in [0.25, 0.3) is 0 Å². The summed E-state index contributed by atoms with van der Waals surface area (Å²) in [7, 11) is 0. The van der Waals surface area contributed by atoms with E-state index in [4.69, 9.17) is 10.3 Å². The molecule has 0 fully saturated rings. The molecule has 0 aliphatic heterocycles. The maximum atomic E-state index is 11.9. The Hall–Kier alpha value is -2.14. The zero-order valence-corrected chi connectivity index (χ0v) is 13.3. The summed E-state index contributed by atoms with van der Waals surface area (Å²) >= 11 is 0. The van der Waals surface area contributed by atoms with E-state index in [1.165, 1.54) is 5.56 Å². The largest absolute Gasteiger partial charge is 0.361 e. The lowest BCUT2D eigenvalue weighted by molar-refractivity contribution is -0.120. The number of hydrogen-bond donors (Lipinski definition) is 2. The van der Waals surface area contributed by atoms with Gasteiger partial charge in [-0.3, -0.25) is 4.79 Å². The molecule has 1 amide bonds. The van der Waals surface area contributed by atoms with Crippen molar-refractivity contribution in [1.29, 1.82) is 0 Å². The van der Waals surface area contributed by atoms with Gasteiger partial charge in [0.2, 0.25) is 5.91 Å². The highest BCUT2D eigenvalue weighted by molar-refractivity contribution is 5.78. The first-order valence-electron chi connectivity index (χ1n) is 7.50. The Labute approximate surface area is 130 Å². The van der Waals surface area contributed by atoms with Crippen molar-refractivity contribution in [2.24, 2.45) is 5.73 Å². The van der Waals surface area contributed by atoms with Crippen molar-refractivity contribution < 1.29 is 9.32 Å². The molecule has 3 N–H and O–H groups in total. The molecule has 0 aliphatic rings. The second-order valence-electron chi connectivity index (χ2n) is 5.84. The number of nitrogens with one attached hydrogen (secondary N) is 1. The van der Waals surface area contributed by atoms with Gasteiger partial charge in [0.15, 0.2) is 0 Å². The molecule has 1 atom stereocenters. The molecule has 1 unspecified atom stereocenters. The predicted molar refractivity (Wildman–Crippen MR) is 85.4 cm³/mol. The van der Waals surface area contributed by atoms with Gasteiger partial charge in [0.25, 0.3) is 0 Å². The summed E-state index contributed by atoms with van der Waals surface area (Å²) in [4.78, 5) is 11.9. The molecular weight excluding hydrogens is 278 g/mol. The van der Waals surface area contributed by atoms with Crippen molar-refractivity contribution in [3.8, 4) is 0 Å². The molecule has 5 heteroatoms. The molecule has 0 saturated carbocycles. The van der Waals surface area contributed by atoms with E-state index < -0.39 is 0 Å². The number of hydrogen-bond acceptors (Lipinski definition) is 4. The molecule has 0 radical (unpaired) electrons. The monoisotopic (exact) mass is 301 g/mol. The van der Waals surface area contributed by atoms with Crippen LogP contribution >= 0.6 is 0 Å². The van der Waals surface area contributed by atoms with Crippen molar-refractivity contribution in [1.82, 2.24) is 10.5 Å². The third-order valence-electron chi connectivity index (χ3n) is 3.57. The molecule has 0 bridgehead atoms. The van der Waals surface area contributed by atoms with Crippen LogP contribution in [0.3, 0.4) is 0 Å². The lowest BCUT2D eigenvalue weighted by atomic mass is 9.99. The maximum Gasteiger partial charge on any atom is 0.226 e. The van der Waals surface area contributed by atoms with Crippen LogP contribution in [0.5, 0.6) is 0 Å². The highest BCUT2D eigenvalue weighted by Gasteiger charge is 2.11. The lowest BCUT2D eigenvalue weighted by Crippen LogP contribution is -2.32. The summed E-state index contributed by atoms with van der Waals surface area (Å²) in [6, 6.07) is 9.74. The Balaban J connectivity index is 1.83. The third kappa shape index (κ3) is 4.43. The summed E-state index contributed by atoms with van der Waals surface area (Å²) in [6.07, 6.45) is 0.205. The normalized spacial score (nSPS) is 12.4. The number of amides is 1. The minimum absolute atomic E-state index is 0.109. The number of nitrogens with zero attached hydrogens (tertiary/aromatic N) is 1. The van der Waals surface area contributed by atoms with Gasteiger partial charge in [-0.05, 0) is 24.0 Å². The maximum absolute atomic E-state index is 11.9. The number of carbonyl (C=O) groups is 1. The molecule has 1 heterocycles. The van der Waals surface area contributed by atoms with Crippen molar-refractivity contribution in [3.05, 3.63) is 52.9 Å². The average Bonchev–Trinajstić information content (AvgIpc) is 2.90. The third-order valence-corrected chi connectivity index (χ3v) is 3.57. The van der Waals surface area contributed by atoms with E-state index in [9.17, 15) is 4.79 Å². The highest BCUT2D eigenvalue weighted by atomic mass is 16.5. The summed E-state index contributed by atoms with van der Waals surface area (Å²) in [6.45, 7) is 6.50. The number of nitrogens with two attached hydrogens (primary N) is 1. The summed E-state index contributed by atoms with van der Waals surface area (Å²) in [5.41, 5.74) is 9.04. The Morgan fingerprint density at radius 1 is 1.27 bits per heavy atom. The van der Waals surface area contributed by atoms with E-state index in [-0.39, 0.29) is 18.4 Å². The standard InChI is InChI=1S/C17H23N3O2/c1-11(2)13-4-6-14(7-5-13)16(18)10-19-17(21)9-15-8-12(3)22-20-15/h4-8,11,16H,9-10,18H2,1-3H3,(H,19,21). The first-order chi connectivity index (χ1) is 10.5. The molecule has 22 heavy (non-hydrogen) atoms. The van der Waals surface area contributed by atoms with Crippen LogP contribution in [0.15, 0.2) is 34.9 Å². The van der Waals surface area contributed by atoms with Crippen LogP contribution < -0.4 is 11.1 Å². The zero-order valence-electron chi connectivity index (χ0n) is 13.3. The van der Waals surface area contributed by atoms with Crippen LogP contribution in [-0.2, 0) is 11.2 Å². The molecule has 1 aromatic heterocycles. The molecule has 1 aromatic carbocycles. The van der Waals surface area contributed by atoms with E-state index in [1.54, 1.807) is 13.0 Å². The molecule has 5 nitrogen and oxygen atoms in total. The highest BCUT2D eigenvalue weighted by Crippen LogP contribution is 2.17. The van der Waals surface area contributed by atoms with Gasteiger partial charge in [0.1, 0.15) is 5.76 Å². The number of carbonyl (C=O) groups excluding carboxylic acids is 1. The Kier molecular flexibility index (Phi) is 5.33. The van der Waals surface area contributed by atoms with Gasteiger partial charge >= 0.3 is 0 Å². The Morgan fingerprint density at radius 3 is 2.45 bits per heavy atom.